The van der Waals surface area contributed by atoms with E-state index in [0.717, 1.165) is 11.1 Å². The molecule has 2 aromatic carbocycles. The molecule has 2 heterocycles. The fraction of sp³-hybridized carbons (Fsp3) is 0.227. The second-order valence-electron chi connectivity index (χ2n) is 7.16. The molecule has 0 unspecified atom stereocenters. The molecule has 1 aliphatic rings. The molecule has 1 fully saturated rings. The Morgan fingerprint density at radius 3 is 2.35 bits per heavy atom. The highest BCUT2D eigenvalue weighted by Gasteiger charge is 2.31. The Bertz CT molecular complexity index is 1100. The topological polar surface area (TPSA) is 90.7 Å². The SMILES string of the molecule is COc1ccc(Cn2nc(N3CCN(Cc4ccc(F)cc4)C3=O)cc2C(=O)[O-])cc1. The summed E-state index contributed by atoms with van der Waals surface area (Å²) in [5.74, 6) is -0.773. The van der Waals surface area contributed by atoms with Crippen molar-refractivity contribution in [2.45, 2.75) is 13.1 Å². The minimum atomic E-state index is -1.37. The molecule has 1 saturated heterocycles. The summed E-state index contributed by atoms with van der Waals surface area (Å²) in [6.45, 7) is 1.35. The first-order valence-corrected chi connectivity index (χ1v) is 9.67. The van der Waals surface area contributed by atoms with Gasteiger partial charge in [-0.05, 0) is 35.4 Å². The summed E-state index contributed by atoms with van der Waals surface area (Å²) < 4.78 is 19.5. The summed E-state index contributed by atoms with van der Waals surface area (Å²) in [4.78, 5) is 27.5. The van der Waals surface area contributed by atoms with Gasteiger partial charge in [0.1, 0.15) is 11.6 Å². The fourth-order valence-corrected chi connectivity index (χ4v) is 3.48. The van der Waals surface area contributed by atoms with Crippen LogP contribution in [0.2, 0.25) is 0 Å². The summed E-state index contributed by atoms with van der Waals surface area (Å²) in [7, 11) is 1.56. The van der Waals surface area contributed by atoms with Gasteiger partial charge in [-0.25, -0.2) is 9.18 Å². The zero-order chi connectivity index (χ0) is 22.0. The van der Waals surface area contributed by atoms with Gasteiger partial charge in [-0.3, -0.25) is 9.58 Å². The molecule has 160 valence electrons. The van der Waals surface area contributed by atoms with Crippen molar-refractivity contribution in [3.05, 3.63) is 77.2 Å². The second kappa shape index (κ2) is 8.47. The van der Waals surface area contributed by atoms with Crippen molar-refractivity contribution < 1.29 is 23.8 Å². The maximum atomic E-state index is 13.1. The normalized spacial score (nSPS) is 13.7. The van der Waals surface area contributed by atoms with Gasteiger partial charge in [-0.2, -0.15) is 5.10 Å². The van der Waals surface area contributed by atoms with E-state index < -0.39 is 5.97 Å². The number of nitrogens with zero attached hydrogens (tertiary/aromatic N) is 4. The standard InChI is InChI=1S/C22H21FN4O4/c1-31-18-8-4-16(5-9-18)14-27-19(21(28)29)12-20(24-27)26-11-10-25(22(26)30)13-15-2-6-17(23)7-3-15/h2-9,12H,10-11,13-14H2,1H3,(H,28,29)/p-1. The van der Waals surface area contributed by atoms with E-state index in [2.05, 4.69) is 5.10 Å². The first-order chi connectivity index (χ1) is 14.9. The highest BCUT2D eigenvalue weighted by molar-refractivity contribution is 5.94. The van der Waals surface area contributed by atoms with Gasteiger partial charge in [0.25, 0.3) is 0 Å². The lowest BCUT2D eigenvalue weighted by Gasteiger charge is -2.17. The number of halogens is 1. The van der Waals surface area contributed by atoms with Crippen LogP contribution in [0.3, 0.4) is 0 Å². The Labute approximate surface area is 178 Å². The van der Waals surface area contributed by atoms with Crippen LogP contribution in [0.15, 0.2) is 54.6 Å². The first-order valence-electron chi connectivity index (χ1n) is 9.67. The molecule has 1 aliphatic heterocycles. The largest absolute Gasteiger partial charge is 0.543 e. The molecule has 0 spiro atoms. The second-order valence-corrected chi connectivity index (χ2v) is 7.16. The van der Waals surface area contributed by atoms with Gasteiger partial charge < -0.3 is 19.5 Å². The van der Waals surface area contributed by atoms with E-state index >= 15 is 0 Å². The molecule has 0 radical (unpaired) electrons. The van der Waals surface area contributed by atoms with Crippen LogP contribution in [-0.2, 0) is 13.1 Å². The number of urea groups is 1. The van der Waals surface area contributed by atoms with Crippen LogP contribution in [0.1, 0.15) is 21.6 Å². The quantitative estimate of drug-likeness (QED) is 0.579. The molecular weight excluding hydrogens is 403 g/mol. The highest BCUT2D eigenvalue weighted by atomic mass is 19.1. The Morgan fingerprint density at radius 2 is 1.71 bits per heavy atom. The van der Waals surface area contributed by atoms with E-state index in [9.17, 15) is 19.1 Å². The maximum absolute atomic E-state index is 13.1. The minimum Gasteiger partial charge on any atom is -0.543 e. The summed E-state index contributed by atoms with van der Waals surface area (Å²) in [5, 5.41) is 16.0. The van der Waals surface area contributed by atoms with E-state index in [0.29, 0.717) is 25.4 Å². The first kappa shape index (κ1) is 20.4. The van der Waals surface area contributed by atoms with Crippen LogP contribution in [-0.4, -0.2) is 46.9 Å². The zero-order valence-corrected chi connectivity index (χ0v) is 16.8. The molecule has 0 N–H and O–H groups in total. The van der Waals surface area contributed by atoms with E-state index in [-0.39, 0.29) is 29.9 Å². The molecule has 9 heteroatoms. The number of rotatable bonds is 7. The lowest BCUT2D eigenvalue weighted by Crippen LogP contribution is -2.31. The van der Waals surface area contributed by atoms with E-state index in [1.165, 1.54) is 27.8 Å². The van der Waals surface area contributed by atoms with Gasteiger partial charge >= 0.3 is 6.03 Å². The number of carbonyl (C=O) groups is 2. The van der Waals surface area contributed by atoms with Crippen LogP contribution >= 0.6 is 0 Å². The number of methoxy groups -OCH3 is 1. The predicted octanol–water partition coefficient (Wildman–Crippen LogP) is 1.88. The van der Waals surface area contributed by atoms with Gasteiger partial charge in [0.2, 0.25) is 0 Å². The molecule has 8 nitrogen and oxygen atoms in total. The van der Waals surface area contributed by atoms with Gasteiger partial charge in [0.05, 0.1) is 25.3 Å². The number of anilines is 1. The molecule has 0 aliphatic carbocycles. The number of hydrogen-bond donors (Lipinski definition) is 0. The Morgan fingerprint density at radius 1 is 1.06 bits per heavy atom. The van der Waals surface area contributed by atoms with Crippen LogP contribution in [0.5, 0.6) is 5.75 Å². The number of hydrogen-bond acceptors (Lipinski definition) is 5. The van der Waals surface area contributed by atoms with Crippen molar-refractivity contribution in [3.8, 4) is 5.75 Å². The van der Waals surface area contributed by atoms with Crippen molar-refractivity contribution in [2.75, 3.05) is 25.1 Å². The summed E-state index contributed by atoms with van der Waals surface area (Å²) in [6, 6.07) is 14.2. The number of carboxylic acid groups (broad SMARTS) is 1. The molecule has 4 rings (SSSR count). The Kier molecular flexibility index (Phi) is 5.57. The third kappa shape index (κ3) is 4.35. The third-order valence-corrected chi connectivity index (χ3v) is 5.13. The molecular formula is C22H20FN4O4-. The zero-order valence-electron chi connectivity index (χ0n) is 16.8. The lowest BCUT2D eigenvalue weighted by molar-refractivity contribution is -0.255. The number of aromatic carboxylic acids is 1. The molecule has 3 aromatic rings. The number of aromatic nitrogens is 2. The smallest absolute Gasteiger partial charge is 0.326 e. The monoisotopic (exact) mass is 423 g/mol. The van der Waals surface area contributed by atoms with Crippen molar-refractivity contribution in [1.29, 1.82) is 0 Å². The molecule has 2 amide bonds. The van der Waals surface area contributed by atoms with Gasteiger partial charge in [0.15, 0.2) is 5.82 Å². The van der Waals surface area contributed by atoms with E-state index in [4.69, 9.17) is 4.74 Å². The predicted molar refractivity (Wildman–Crippen MR) is 108 cm³/mol. The van der Waals surface area contributed by atoms with Crippen LogP contribution in [0, 0.1) is 5.82 Å². The molecule has 31 heavy (non-hydrogen) atoms. The number of carbonyl (C=O) groups excluding carboxylic acids is 2. The summed E-state index contributed by atoms with van der Waals surface area (Å²) in [5.41, 5.74) is 1.51. The van der Waals surface area contributed by atoms with Crippen LogP contribution in [0.25, 0.3) is 0 Å². The van der Waals surface area contributed by atoms with Gasteiger partial charge in [0, 0.05) is 25.7 Å². The highest BCUT2D eigenvalue weighted by Crippen LogP contribution is 2.23. The molecule has 1 aromatic heterocycles. The van der Waals surface area contributed by atoms with Crippen molar-refractivity contribution >= 4 is 17.8 Å². The van der Waals surface area contributed by atoms with E-state index in [1.807, 2.05) is 12.1 Å². The molecule has 0 atom stereocenters. The number of benzene rings is 2. The van der Waals surface area contributed by atoms with Crippen molar-refractivity contribution in [2.24, 2.45) is 0 Å². The fourth-order valence-electron chi connectivity index (χ4n) is 3.48. The van der Waals surface area contributed by atoms with Crippen molar-refractivity contribution in [1.82, 2.24) is 14.7 Å². The molecule has 0 bridgehead atoms. The number of amides is 2. The number of ether oxygens (including phenoxy) is 1. The molecule has 0 saturated carbocycles. The summed E-state index contributed by atoms with van der Waals surface area (Å²) >= 11 is 0. The average molecular weight is 423 g/mol. The Balaban J connectivity index is 1.52. The number of carboxylic acids is 1. The van der Waals surface area contributed by atoms with Gasteiger partial charge in [-0.1, -0.05) is 24.3 Å². The lowest BCUT2D eigenvalue weighted by atomic mass is 10.2. The van der Waals surface area contributed by atoms with Crippen LogP contribution < -0.4 is 14.7 Å². The van der Waals surface area contributed by atoms with Crippen LogP contribution in [0.4, 0.5) is 15.0 Å². The van der Waals surface area contributed by atoms with E-state index in [1.54, 1.807) is 36.3 Å². The maximum Gasteiger partial charge on any atom is 0.326 e. The van der Waals surface area contributed by atoms with Crippen molar-refractivity contribution in [3.63, 3.8) is 0 Å². The summed E-state index contributed by atoms with van der Waals surface area (Å²) in [6.07, 6.45) is 0. The van der Waals surface area contributed by atoms with Gasteiger partial charge in [-0.15, -0.1) is 0 Å². The third-order valence-electron chi connectivity index (χ3n) is 5.13. The minimum absolute atomic E-state index is 0.115. The average Bonchev–Trinajstić information content (AvgIpc) is 3.34. The Hall–Kier alpha value is -3.88.